The molecule has 0 saturated carbocycles. The lowest BCUT2D eigenvalue weighted by atomic mass is 9.82. The van der Waals surface area contributed by atoms with Crippen LogP contribution in [0.25, 0.3) is 10.9 Å². The second-order valence-electron chi connectivity index (χ2n) is 9.18. The molecule has 3 aliphatic rings. The second kappa shape index (κ2) is 6.75. The zero-order valence-corrected chi connectivity index (χ0v) is 17.3. The number of piperazine rings is 1. The van der Waals surface area contributed by atoms with E-state index in [4.69, 9.17) is 0 Å². The highest BCUT2D eigenvalue weighted by Gasteiger charge is 2.51. The first-order chi connectivity index (χ1) is 14.0. The molecule has 2 aliphatic heterocycles. The Hall–Kier alpha value is -2.56. The predicted molar refractivity (Wildman–Crippen MR) is 113 cm³/mol. The molecule has 1 aliphatic carbocycles. The maximum absolute atomic E-state index is 13.4. The minimum Gasteiger partial charge on any atom is -0.356 e. The van der Waals surface area contributed by atoms with Crippen LogP contribution in [0.15, 0.2) is 35.9 Å². The van der Waals surface area contributed by atoms with Gasteiger partial charge in [0.25, 0.3) is 0 Å². The first-order valence-corrected chi connectivity index (χ1v) is 10.9. The summed E-state index contributed by atoms with van der Waals surface area (Å²) in [5.41, 5.74) is 4.25. The van der Waals surface area contributed by atoms with Gasteiger partial charge in [-0.15, -0.1) is 0 Å². The monoisotopic (exact) mass is 391 g/mol. The third-order valence-corrected chi connectivity index (χ3v) is 7.02. The molecule has 0 bridgehead atoms. The predicted octanol–water partition coefficient (Wildman–Crippen LogP) is 3.89. The number of hydrogen-bond acceptors (Lipinski definition) is 2. The fraction of sp³-hybridized carbons (Fsp3) is 0.500. The molecule has 29 heavy (non-hydrogen) atoms. The van der Waals surface area contributed by atoms with Gasteiger partial charge >= 0.3 is 0 Å². The Morgan fingerprint density at radius 3 is 2.79 bits per heavy atom. The van der Waals surface area contributed by atoms with E-state index >= 15 is 0 Å². The normalized spacial score (nSPS) is 23.8. The van der Waals surface area contributed by atoms with Crippen molar-refractivity contribution in [3.63, 3.8) is 0 Å². The fourth-order valence-corrected chi connectivity index (χ4v) is 5.54. The van der Waals surface area contributed by atoms with E-state index in [1.54, 1.807) is 4.90 Å². The fourth-order valence-electron chi connectivity index (χ4n) is 5.54. The number of rotatable bonds is 3. The number of aromatic amines is 1. The highest BCUT2D eigenvalue weighted by molar-refractivity contribution is 5.97. The first kappa shape index (κ1) is 18.5. The molecule has 0 spiro atoms. The van der Waals surface area contributed by atoms with E-state index in [0.29, 0.717) is 13.0 Å². The van der Waals surface area contributed by atoms with Crippen LogP contribution in [0.4, 0.5) is 0 Å². The van der Waals surface area contributed by atoms with E-state index in [1.807, 2.05) is 17.0 Å². The number of nitrogens with one attached hydrogen (secondary N) is 1. The smallest absolute Gasteiger partial charge is 0.246 e. The number of carbonyl (C=O) groups excluding carboxylic acids is 2. The highest BCUT2D eigenvalue weighted by atomic mass is 16.2. The van der Waals surface area contributed by atoms with E-state index in [9.17, 15) is 9.59 Å². The van der Waals surface area contributed by atoms with Crippen LogP contribution in [0.5, 0.6) is 0 Å². The lowest BCUT2D eigenvalue weighted by Crippen LogP contribution is -2.67. The van der Waals surface area contributed by atoms with E-state index in [1.165, 1.54) is 29.4 Å². The van der Waals surface area contributed by atoms with Crippen molar-refractivity contribution in [1.82, 2.24) is 14.8 Å². The van der Waals surface area contributed by atoms with Gasteiger partial charge in [-0.1, -0.05) is 29.8 Å². The molecule has 1 aromatic heterocycles. The van der Waals surface area contributed by atoms with Gasteiger partial charge in [0.1, 0.15) is 6.04 Å². The average molecular weight is 392 g/mol. The Labute approximate surface area is 171 Å². The summed E-state index contributed by atoms with van der Waals surface area (Å²) in [4.78, 5) is 33.8. The van der Waals surface area contributed by atoms with Crippen molar-refractivity contribution in [1.29, 1.82) is 0 Å². The number of carbonyl (C=O) groups is 2. The van der Waals surface area contributed by atoms with Crippen molar-refractivity contribution in [2.75, 3.05) is 13.1 Å². The molecule has 5 heteroatoms. The number of aromatic nitrogens is 1. The summed E-state index contributed by atoms with van der Waals surface area (Å²) in [5.74, 6) is 0.159. The number of para-hydroxylation sites is 1. The van der Waals surface area contributed by atoms with Gasteiger partial charge in [0, 0.05) is 29.6 Å². The maximum atomic E-state index is 13.4. The number of benzene rings is 1. The molecule has 1 aromatic carbocycles. The van der Waals surface area contributed by atoms with E-state index in [0.717, 1.165) is 30.5 Å². The van der Waals surface area contributed by atoms with Gasteiger partial charge in [0.05, 0.1) is 12.1 Å². The number of amides is 2. The third kappa shape index (κ3) is 2.90. The van der Waals surface area contributed by atoms with Gasteiger partial charge in [-0.2, -0.15) is 0 Å². The number of nitrogens with zero attached hydrogens (tertiary/aromatic N) is 2. The minimum absolute atomic E-state index is 0.0570. The van der Waals surface area contributed by atoms with Crippen molar-refractivity contribution in [3.05, 3.63) is 47.2 Å². The van der Waals surface area contributed by atoms with Crippen molar-refractivity contribution in [2.45, 2.75) is 64.0 Å². The Kier molecular flexibility index (Phi) is 4.30. The molecule has 0 radical (unpaired) electrons. The number of hydrogen-bond donors (Lipinski definition) is 1. The standard InChI is InChI=1S/C24H29N3O2/c1-24(2)22-18(17-10-6-7-11-19(17)25-22)14-20-23(29)26(15-21(28)27(20)24)13-12-16-8-4-3-5-9-16/h6-8,10-11,20,25H,3-5,9,12-15H2,1-2H3/t20-/m0/s1. The zero-order chi connectivity index (χ0) is 20.2. The molecule has 1 N–H and O–H groups in total. The topological polar surface area (TPSA) is 56.4 Å². The van der Waals surface area contributed by atoms with E-state index in [2.05, 4.69) is 37.0 Å². The van der Waals surface area contributed by atoms with Gasteiger partial charge < -0.3 is 14.8 Å². The third-order valence-electron chi connectivity index (χ3n) is 7.02. The Balaban J connectivity index is 1.45. The quantitative estimate of drug-likeness (QED) is 0.807. The summed E-state index contributed by atoms with van der Waals surface area (Å²) in [6.45, 7) is 4.96. The van der Waals surface area contributed by atoms with E-state index in [-0.39, 0.29) is 18.4 Å². The van der Waals surface area contributed by atoms with Gasteiger partial charge in [-0.05, 0) is 57.6 Å². The van der Waals surface area contributed by atoms with Gasteiger partial charge in [-0.3, -0.25) is 9.59 Å². The maximum Gasteiger partial charge on any atom is 0.246 e. The number of H-pyrrole nitrogens is 1. The summed E-state index contributed by atoms with van der Waals surface area (Å²) >= 11 is 0. The highest BCUT2D eigenvalue weighted by Crippen LogP contribution is 2.42. The van der Waals surface area contributed by atoms with Crippen LogP contribution in [0.2, 0.25) is 0 Å². The summed E-state index contributed by atoms with van der Waals surface area (Å²) in [6, 6.07) is 7.82. The molecule has 1 saturated heterocycles. The van der Waals surface area contributed by atoms with Crippen LogP contribution in [-0.4, -0.2) is 45.7 Å². The zero-order valence-electron chi connectivity index (χ0n) is 17.3. The van der Waals surface area contributed by atoms with Crippen LogP contribution >= 0.6 is 0 Å². The van der Waals surface area contributed by atoms with Crippen LogP contribution < -0.4 is 0 Å². The van der Waals surface area contributed by atoms with Crippen LogP contribution in [0.3, 0.4) is 0 Å². The SMILES string of the molecule is CC1(C)c2[nH]c3ccccc3c2C[C@H]2C(=O)N(CCC3=CCCCC3)CC(=O)N21. The Bertz CT molecular complexity index is 1020. The van der Waals surface area contributed by atoms with Crippen molar-refractivity contribution >= 4 is 22.7 Å². The summed E-state index contributed by atoms with van der Waals surface area (Å²) < 4.78 is 0. The Morgan fingerprint density at radius 2 is 2.00 bits per heavy atom. The number of fused-ring (bicyclic) bond motifs is 4. The van der Waals surface area contributed by atoms with Gasteiger partial charge in [0.2, 0.25) is 11.8 Å². The molecule has 152 valence electrons. The first-order valence-electron chi connectivity index (χ1n) is 10.9. The minimum atomic E-state index is -0.526. The second-order valence-corrected chi connectivity index (χ2v) is 9.18. The lowest BCUT2D eigenvalue weighted by Gasteiger charge is -2.51. The number of allylic oxidation sites excluding steroid dienone is 1. The molecular weight excluding hydrogens is 362 g/mol. The molecule has 5 rings (SSSR count). The van der Waals surface area contributed by atoms with Crippen molar-refractivity contribution in [3.8, 4) is 0 Å². The molecule has 3 heterocycles. The van der Waals surface area contributed by atoms with E-state index < -0.39 is 11.6 Å². The van der Waals surface area contributed by atoms with Crippen molar-refractivity contribution in [2.24, 2.45) is 0 Å². The van der Waals surface area contributed by atoms with Crippen LogP contribution in [-0.2, 0) is 21.5 Å². The van der Waals surface area contributed by atoms with Crippen molar-refractivity contribution < 1.29 is 9.59 Å². The summed E-state index contributed by atoms with van der Waals surface area (Å²) in [7, 11) is 0. The van der Waals surface area contributed by atoms with Crippen LogP contribution in [0, 0.1) is 0 Å². The lowest BCUT2D eigenvalue weighted by molar-refractivity contribution is -0.163. The molecule has 1 fully saturated rings. The molecule has 5 nitrogen and oxygen atoms in total. The molecule has 1 atom stereocenters. The largest absolute Gasteiger partial charge is 0.356 e. The molecular formula is C24H29N3O2. The summed E-state index contributed by atoms with van der Waals surface area (Å²) in [6.07, 6.45) is 8.61. The van der Waals surface area contributed by atoms with Crippen LogP contribution in [0.1, 0.15) is 57.2 Å². The molecule has 0 unspecified atom stereocenters. The van der Waals surface area contributed by atoms with Gasteiger partial charge in [-0.25, -0.2) is 0 Å². The average Bonchev–Trinajstić information content (AvgIpc) is 3.10. The molecule has 2 amide bonds. The Morgan fingerprint density at radius 1 is 1.17 bits per heavy atom. The summed E-state index contributed by atoms with van der Waals surface area (Å²) in [5, 5.41) is 1.17. The molecule has 2 aromatic rings. The van der Waals surface area contributed by atoms with Gasteiger partial charge in [0.15, 0.2) is 0 Å².